The van der Waals surface area contributed by atoms with Gasteiger partial charge in [0.25, 0.3) is 5.60 Å². The number of halogens is 6. The number of rotatable bonds is 3. The second-order valence-corrected chi connectivity index (χ2v) is 10.4. The largest absolute Gasteiger partial charge is 0.435 e. The van der Waals surface area contributed by atoms with E-state index in [1.807, 2.05) is 6.07 Å². The number of carbonyl (C=O) groups excluding carboxylic acids is 1. The molecule has 2 aromatic rings. The first-order valence-electron chi connectivity index (χ1n) is 10.5. The molecule has 0 aliphatic carbocycles. The lowest BCUT2D eigenvalue weighted by Gasteiger charge is -2.51. The average Bonchev–Trinajstić information content (AvgIpc) is 3.40. The molecule has 0 saturated carbocycles. The Bertz CT molecular complexity index is 1190. The molecule has 1 unspecified atom stereocenters. The number of amides is 1. The van der Waals surface area contributed by atoms with Gasteiger partial charge in [-0.15, -0.1) is 11.3 Å². The predicted molar refractivity (Wildman–Crippen MR) is 119 cm³/mol. The SMILES string of the molecule is CCC(=O)N1CC2(C1)OCCc1cc(C3=NOC(c4cc(Cl)c(F)c(Cl)c4)(C(F)(F)F)C3)sc12. The molecule has 3 aliphatic heterocycles. The van der Waals surface area contributed by atoms with Crippen LogP contribution in [0.4, 0.5) is 17.6 Å². The fourth-order valence-corrected chi connectivity index (χ4v) is 6.40. The number of likely N-dealkylation sites (tertiary alicyclic amines) is 1. The number of benzene rings is 1. The van der Waals surface area contributed by atoms with E-state index in [0.717, 1.165) is 22.6 Å². The molecular formula is C22H18Cl2F4N2O3S. The highest BCUT2D eigenvalue weighted by atomic mass is 35.5. The quantitative estimate of drug-likeness (QED) is 0.368. The lowest BCUT2D eigenvalue weighted by atomic mass is 9.86. The Hall–Kier alpha value is -1.88. The summed E-state index contributed by atoms with van der Waals surface area (Å²) in [6.45, 7) is 3.07. The van der Waals surface area contributed by atoms with Gasteiger partial charge in [0, 0.05) is 16.9 Å². The molecule has 1 atom stereocenters. The van der Waals surface area contributed by atoms with Crippen molar-refractivity contribution in [3.63, 3.8) is 0 Å². The molecule has 12 heteroatoms. The predicted octanol–water partition coefficient (Wildman–Crippen LogP) is 5.80. The molecule has 1 spiro atoms. The van der Waals surface area contributed by atoms with Gasteiger partial charge in [-0.1, -0.05) is 35.3 Å². The molecule has 5 nitrogen and oxygen atoms in total. The van der Waals surface area contributed by atoms with Crippen molar-refractivity contribution in [2.24, 2.45) is 5.16 Å². The van der Waals surface area contributed by atoms with Gasteiger partial charge in [-0.05, 0) is 30.2 Å². The first kappa shape index (κ1) is 23.8. The number of hydrogen-bond donors (Lipinski definition) is 0. The minimum atomic E-state index is -4.88. The van der Waals surface area contributed by atoms with Gasteiger partial charge in [0.05, 0.1) is 41.0 Å². The van der Waals surface area contributed by atoms with E-state index in [0.29, 0.717) is 37.4 Å². The third kappa shape index (κ3) is 3.53. The summed E-state index contributed by atoms with van der Waals surface area (Å²) in [5.74, 6) is -0.978. The van der Waals surface area contributed by atoms with Crippen LogP contribution in [-0.2, 0) is 32.0 Å². The molecule has 1 amide bonds. The van der Waals surface area contributed by atoms with Crippen LogP contribution < -0.4 is 0 Å². The van der Waals surface area contributed by atoms with Crippen LogP contribution in [0, 0.1) is 5.82 Å². The summed E-state index contributed by atoms with van der Waals surface area (Å²) < 4.78 is 62.8. The third-order valence-corrected chi connectivity index (χ3v) is 8.40. The van der Waals surface area contributed by atoms with E-state index >= 15 is 0 Å². The molecular weight excluding hydrogens is 519 g/mol. The van der Waals surface area contributed by atoms with Crippen molar-refractivity contribution in [1.82, 2.24) is 4.90 Å². The van der Waals surface area contributed by atoms with E-state index in [-0.39, 0.29) is 11.6 Å². The first-order valence-corrected chi connectivity index (χ1v) is 12.1. The molecule has 1 aromatic heterocycles. The second-order valence-electron chi connectivity index (χ2n) is 8.55. The van der Waals surface area contributed by atoms with Crippen molar-refractivity contribution >= 4 is 46.2 Å². The van der Waals surface area contributed by atoms with Gasteiger partial charge in [-0.3, -0.25) is 4.79 Å². The number of fused-ring (bicyclic) bond motifs is 2. The number of alkyl halides is 3. The molecule has 0 radical (unpaired) electrons. The fourth-order valence-electron chi connectivity index (χ4n) is 4.59. The van der Waals surface area contributed by atoms with E-state index in [4.69, 9.17) is 32.8 Å². The maximum absolute atomic E-state index is 14.3. The summed E-state index contributed by atoms with van der Waals surface area (Å²) in [4.78, 5) is 20.2. The monoisotopic (exact) mass is 536 g/mol. The molecule has 3 aliphatic rings. The van der Waals surface area contributed by atoms with E-state index in [2.05, 4.69) is 5.16 Å². The van der Waals surface area contributed by atoms with Gasteiger partial charge < -0.3 is 14.5 Å². The molecule has 0 N–H and O–H groups in total. The van der Waals surface area contributed by atoms with Gasteiger partial charge in [0.2, 0.25) is 5.91 Å². The number of nitrogens with zero attached hydrogens (tertiary/aromatic N) is 2. The summed E-state index contributed by atoms with van der Waals surface area (Å²) in [7, 11) is 0. The minimum Gasteiger partial charge on any atom is -0.374 e. The van der Waals surface area contributed by atoms with E-state index < -0.39 is 45.2 Å². The molecule has 1 aromatic carbocycles. The Balaban J connectivity index is 1.46. The van der Waals surface area contributed by atoms with E-state index in [1.165, 1.54) is 11.3 Å². The van der Waals surface area contributed by atoms with Gasteiger partial charge in [0.1, 0.15) is 11.3 Å². The maximum Gasteiger partial charge on any atom is 0.435 e. The highest BCUT2D eigenvalue weighted by Gasteiger charge is 2.63. The number of thiophene rings is 1. The molecule has 4 heterocycles. The van der Waals surface area contributed by atoms with Crippen LogP contribution in [0.2, 0.25) is 10.0 Å². The standard InChI is InChI=1S/C22H18Cl2F4N2O3S/c1-2-17(31)30-9-20(10-30)19-11(3-4-32-20)5-16(34-19)15-8-21(33-29-15,22(26,27)28)12-6-13(23)18(25)14(24)7-12/h5-7H,2-4,8-10H2,1H3. The zero-order chi connectivity index (χ0) is 24.5. The lowest BCUT2D eigenvalue weighted by molar-refractivity contribution is -0.275. The molecule has 0 bridgehead atoms. The van der Waals surface area contributed by atoms with Crippen molar-refractivity contribution in [3.8, 4) is 0 Å². The van der Waals surface area contributed by atoms with Crippen LogP contribution in [0.1, 0.15) is 40.6 Å². The smallest absolute Gasteiger partial charge is 0.374 e. The molecule has 1 fully saturated rings. The van der Waals surface area contributed by atoms with Crippen molar-refractivity contribution in [1.29, 1.82) is 0 Å². The fraction of sp³-hybridized carbons (Fsp3) is 0.455. The Morgan fingerprint density at radius 3 is 2.53 bits per heavy atom. The van der Waals surface area contributed by atoms with Crippen LogP contribution in [0.25, 0.3) is 0 Å². The Morgan fingerprint density at radius 2 is 1.91 bits per heavy atom. The van der Waals surface area contributed by atoms with Gasteiger partial charge in [-0.2, -0.15) is 13.2 Å². The number of carbonyl (C=O) groups is 1. The lowest BCUT2D eigenvalue weighted by Crippen LogP contribution is -2.63. The van der Waals surface area contributed by atoms with Crippen molar-refractivity contribution in [2.75, 3.05) is 19.7 Å². The molecule has 1 saturated heterocycles. The van der Waals surface area contributed by atoms with Crippen LogP contribution >= 0.6 is 34.5 Å². The van der Waals surface area contributed by atoms with Crippen LogP contribution in [0.3, 0.4) is 0 Å². The second kappa shape index (κ2) is 8.08. The summed E-state index contributed by atoms with van der Waals surface area (Å²) in [6, 6.07) is 3.54. The summed E-state index contributed by atoms with van der Waals surface area (Å²) >= 11 is 12.8. The summed E-state index contributed by atoms with van der Waals surface area (Å²) in [6.07, 6.45) is -4.50. The van der Waals surface area contributed by atoms with Crippen molar-refractivity contribution < 1.29 is 31.9 Å². The van der Waals surface area contributed by atoms with E-state index in [9.17, 15) is 22.4 Å². The number of ether oxygens (including phenoxy) is 1. The van der Waals surface area contributed by atoms with Crippen LogP contribution in [0.5, 0.6) is 0 Å². The van der Waals surface area contributed by atoms with Crippen LogP contribution in [-0.4, -0.2) is 42.4 Å². The zero-order valence-corrected chi connectivity index (χ0v) is 20.1. The van der Waals surface area contributed by atoms with Crippen molar-refractivity contribution in [3.05, 3.63) is 54.9 Å². The van der Waals surface area contributed by atoms with Crippen molar-refractivity contribution in [2.45, 2.75) is 43.6 Å². The minimum absolute atomic E-state index is 0.0262. The Morgan fingerprint density at radius 1 is 1.24 bits per heavy atom. The molecule has 5 rings (SSSR count). The van der Waals surface area contributed by atoms with Crippen LogP contribution in [0.15, 0.2) is 23.4 Å². The number of hydrogen-bond acceptors (Lipinski definition) is 5. The summed E-state index contributed by atoms with van der Waals surface area (Å²) in [5, 5.41) is 2.72. The number of oxime groups is 1. The molecule has 182 valence electrons. The third-order valence-electron chi connectivity index (χ3n) is 6.44. The average molecular weight is 537 g/mol. The summed E-state index contributed by atoms with van der Waals surface area (Å²) in [5.41, 5.74) is -2.83. The highest BCUT2D eigenvalue weighted by Crippen LogP contribution is 2.52. The zero-order valence-electron chi connectivity index (χ0n) is 17.8. The van der Waals surface area contributed by atoms with Gasteiger partial charge in [0.15, 0.2) is 5.82 Å². The Kier molecular flexibility index (Phi) is 5.66. The van der Waals surface area contributed by atoms with E-state index in [1.54, 1.807) is 11.8 Å². The van der Waals surface area contributed by atoms with Gasteiger partial charge >= 0.3 is 6.18 Å². The molecule has 34 heavy (non-hydrogen) atoms. The topological polar surface area (TPSA) is 51.1 Å². The first-order chi connectivity index (χ1) is 16.0. The normalized spacial score (nSPS) is 23.4. The highest BCUT2D eigenvalue weighted by molar-refractivity contribution is 7.14. The van der Waals surface area contributed by atoms with Gasteiger partial charge in [-0.25, -0.2) is 4.39 Å². The Labute approximate surface area is 206 Å². The maximum atomic E-state index is 14.3.